The maximum atomic E-state index is 14.1. The van der Waals surface area contributed by atoms with Crippen LogP contribution in [0.1, 0.15) is 5.56 Å². The van der Waals surface area contributed by atoms with Gasteiger partial charge < -0.3 is 5.32 Å². The van der Waals surface area contributed by atoms with E-state index < -0.39 is 28.3 Å². The van der Waals surface area contributed by atoms with Gasteiger partial charge in [-0.3, -0.25) is 9.10 Å². The minimum absolute atomic E-state index is 0.0289. The Bertz CT molecular complexity index is 1240. The van der Waals surface area contributed by atoms with Crippen LogP contribution in [0.5, 0.6) is 0 Å². The topological polar surface area (TPSA) is 66.5 Å². The number of nitrogens with one attached hydrogen (secondary N) is 1. The molecule has 3 aromatic carbocycles. The van der Waals surface area contributed by atoms with Gasteiger partial charge >= 0.3 is 0 Å². The Labute approximate surface area is 198 Å². The predicted octanol–water partition coefficient (Wildman–Crippen LogP) is 6.04. The molecule has 162 valence electrons. The monoisotopic (exact) mass is 544 g/mol. The second-order valence-corrected chi connectivity index (χ2v) is 10.2. The Balaban J connectivity index is 2.00. The van der Waals surface area contributed by atoms with E-state index in [1.165, 1.54) is 42.5 Å². The van der Waals surface area contributed by atoms with E-state index >= 15 is 0 Å². The zero-order valence-corrected chi connectivity index (χ0v) is 20.0. The zero-order valence-electron chi connectivity index (χ0n) is 16.1. The summed E-state index contributed by atoms with van der Waals surface area (Å²) in [5.41, 5.74) is 0.814. The number of halogens is 4. The van der Waals surface area contributed by atoms with Gasteiger partial charge in [0, 0.05) is 9.50 Å². The van der Waals surface area contributed by atoms with Crippen LogP contribution in [0.2, 0.25) is 10.0 Å². The fraction of sp³-hybridized carbons (Fsp3) is 0.0952. The predicted molar refractivity (Wildman–Crippen MR) is 125 cm³/mol. The molecule has 0 aliphatic heterocycles. The van der Waals surface area contributed by atoms with Gasteiger partial charge in [-0.2, -0.15) is 0 Å². The van der Waals surface area contributed by atoms with E-state index in [0.29, 0.717) is 4.47 Å². The van der Waals surface area contributed by atoms with Gasteiger partial charge in [0.05, 0.1) is 21.3 Å². The number of nitrogens with zero attached hydrogens (tertiary/aromatic N) is 1. The Morgan fingerprint density at radius 1 is 1.06 bits per heavy atom. The number of aryl methyl sites for hydroxylation is 1. The van der Waals surface area contributed by atoms with Crippen LogP contribution < -0.4 is 9.62 Å². The third kappa shape index (κ3) is 5.57. The number of hydrogen-bond donors (Lipinski definition) is 1. The maximum absolute atomic E-state index is 14.1. The number of carbonyl (C=O) groups is 1. The first kappa shape index (κ1) is 23.5. The van der Waals surface area contributed by atoms with E-state index in [1.807, 2.05) is 6.92 Å². The summed E-state index contributed by atoms with van der Waals surface area (Å²) < 4.78 is 42.2. The van der Waals surface area contributed by atoms with Crippen molar-refractivity contribution in [3.05, 3.63) is 86.6 Å². The molecule has 0 unspecified atom stereocenters. The van der Waals surface area contributed by atoms with Crippen LogP contribution in [-0.4, -0.2) is 20.9 Å². The molecule has 0 radical (unpaired) electrons. The van der Waals surface area contributed by atoms with Crippen molar-refractivity contribution in [1.82, 2.24) is 0 Å². The van der Waals surface area contributed by atoms with Crippen molar-refractivity contribution in [2.45, 2.75) is 11.8 Å². The van der Waals surface area contributed by atoms with E-state index in [0.717, 1.165) is 9.87 Å². The van der Waals surface area contributed by atoms with E-state index in [4.69, 9.17) is 23.2 Å². The quantitative estimate of drug-likeness (QED) is 0.411. The largest absolute Gasteiger partial charge is 0.322 e. The fourth-order valence-corrected chi connectivity index (χ4v) is 4.93. The molecule has 0 saturated carbocycles. The smallest absolute Gasteiger partial charge is 0.264 e. The number of carbonyl (C=O) groups excluding carboxylic acids is 1. The van der Waals surface area contributed by atoms with Crippen molar-refractivity contribution >= 4 is 66.4 Å². The molecule has 1 N–H and O–H groups in total. The lowest BCUT2D eigenvalue weighted by Gasteiger charge is -2.25. The minimum atomic E-state index is -4.19. The number of hydrogen-bond acceptors (Lipinski definition) is 3. The molecule has 1 amide bonds. The SMILES string of the molecule is Cc1ccc(S(=O)(=O)N(CC(=O)Nc2ccc(Br)cc2F)c2cc(Cl)ccc2Cl)cc1. The van der Waals surface area contributed by atoms with Crippen molar-refractivity contribution in [3.63, 3.8) is 0 Å². The molecule has 0 aliphatic rings. The lowest BCUT2D eigenvalue weighted by atomic mass is 10.2. The fourth-order valence-electron chi connectivity index (χ4n) is 2.73. The van der Waals surface area contributed by atoms with Crippen LogP contribution in [0.4, 0.5) is 15.8 Å². The molecule has 3 aromatic rings. The molecular formula is C21H16BrCl2FN2O3S. The van der Waals surface area contributed by atoms with Gasteiger partial charge in [0.15, 0.2) is 0 Å². The maximum Gasteiger partial charge on any atom is 0.264 e. The first-order chi connectivity index (χ1) is 14.6. The summed E-state index contributed by atoms with van der Waals surface area (Å²) in [5.74, 6) is -1.43. The lowest BCUT2D eigenvalue weighted by molar-refractivity contribution is -0.114. The minimum Gasteiger partial charge on any atom is -0.322 e. The molecule has 0 atom stereocenters. The van der Waals surface area contributed by atoms with Crippen LogP contribution >= 0.6 is 39.1 Å². The van der Waals surface area contributed by atoms with Crippen LogP contribution in [-0.2, 0) is 14.8 Å². The number of anilines is 2. The number of sulfonamides is 1. The van der Waals surface area contributed by atoms with Gasteiger partial charge in [-0.1, -0.05) is 56.8 Å². The molecular weight excluding hydrogens is 530 g/mol. The summed E-state index contributed by atoms with van der Waals surface area (Å²) in [7, 11) is -4.19. The molecule has 0 saturated heterocycles. The van der Waals surface area contributed by atoms with Crippen LogP contribution in [0.15, 0.2) is 70.0 Å². The highest BCUT2D eigenvalue weighted by Gasteiger charge is 2.29. The normalized spacial score (nSPS) is 11.3. The van der Waals surface area contributed by atoms with Gasteiger partial charge in [-0.15, -0.1) is 0 Å². The van der Waals surface area contributed by atoms with Crippen LogP contribution in [0, 0.1) is 12.7 Å². The van der Waals surface area contributed by atoms with Crippen molar-refractivity contribution in [1.29, 1.82) is 0 Å². The summed E-state index contributed by atoms with van der Waals surface area (Å²) in [4.78, 5) is 12.7. The first-order valence-electron chi connectivity index (χ1n) is 8.87. The van der Waals surface area contributed by atoms with E-state index in [-0.39, 0.29) is 26.3 Å². The van der Waals surface area contributed by atoms with E-state index in [2.05, 4.69) is 21.2 Å². The number of amides is 1. The highest BCUT2D eigenvalue weighted by Crippen LogP contribution is 2.33. The second kappa shape index (κ2) is 9.56. The standard InChI is InChI=1S/C21H16BrCl2FN2O3S/c1-13-2-6-16(7-3-13)31(29,30)27(20-11-15(23)5-8-17(20)24)12-21(28)26-19-9-4-14(22)10-18(19)25/h2-11H,12H2,1H3,(H,26,28). The van der Waals surface area contributed by atoms with E-state index in [9.17, 15) is 17.6 Å². The van der Waals surface area contributed by atoms with Gasteiger partial charge in [-0.05, 0) is 55.5 Å². The lowest BCUT2D eigenvalue weighted by Crippen LogP contribution is -2.38. The molecule has 0 bridgehead atoms. The average Bonchev–Trinajstić information content (AvgIpc) is 2.70. The highest BCUT2D eigenvalue weighted by atomic mass is 79.9. The van der Waals surface area contributed by atoms with Crippen LogP contribution in [0.3, 0.4) is 0 Å². The average molecular weight is 546 g/mol. The molecule has 0 heterocycles. The molecule has 3 rings (SSSR count). The Kier molecular flexibility index (Phi) is 7.26. The summed E-state index contributed by atoms with van der Waals surface area (Å²) in [6.45, 7) is 1.17. The van der Waals surface area contributed by atoms with Gasteiger partial charge in [0.25, 0.3) is 10.0 Å². The third-order valence-electron chi connectivity index (χ3n) is 4.28. The number of benzene rings is 3. The van der Waals surface area contributed by atoms with Crippen molar-refractivity contribution in [2.75, 3.05) is 16.2 Å². The highest BCUT2D eigenvalue weighted by molar-refractivity contribution is 9.10. The Hall–Kier alpha value is -2.13. The van der Waals surface area contributed by atoms with E-state index in [1.54, 1.807) is 18.2 Å². The molecule has 0 spiro atoms. The summed E-state index contributed by atoms with van der Waals surface area (Å²) in [6.07, 6.45) is 0. The second-order valence-electron chi connectivity index (χ2n) is 6.59. The molecule has 0 fully saturated rings. The van der Waals surface area contributed by atoms with Crippen LogP contribution in [0.25, 0.3) is 0 Å². The van der Waals surface area contributed by atoms with Gasteiger partial charge in [0.1, 0.15) is 12.4 Å². The Morgan fingerprint density at radius 2 is 1.74 bits per heavy atom. The van der Waals surface area contributed by atoms with Crippen molar-refractivity contribution in [2.24, 2.45) is 0 Å². The molecule has 5 nitrogen and oxygen atoms in total. The van der Waals surface area contributed by atoms with Gasteiger partial charge in [-0.25, -0.2) is 12.8 Å². The van der Waals surface area contributed by atoms with Crippen molar-refractivity contribution in [3.8, 4) is 0 Å². The third-order valence-corrected chi connectivity index (χ3v) is 7.10. The molecule has 0 aliphatic carbocycles. The summed E-state index contributed by atoms with van der Waals surface area (Å²) >= 11 is 15.4. The molecule has 31 heavy (non-hydrogen) atoms. The summed E-state index contributed by atoms with van der Waals surface area (Å²) in [5, 5.41) is 2.71. The molecule has 10 heteroatoms. The van der Waals surface area contributed by atoms with Gasteiger partial charge in [0.2, 0.25) is 5.91 Å². The zero-order chi connectivity index (χ0) is 22.8. The first-order valence-corrected chi connectivity index (χ1v) is 11.9. The Morgan fingerprint density at radius 3 is 2.39 bits per heavy atom. The summed E-state index contributed by atoms with van der Waals surface area (Å²) in [6, 6.07) is 14.5. The van der Waals surface area contributed by atoms with Crippen molar-refractivity contribution < 1.29 is 17.6 Å². The molecule has 0 aromatic heterocycles. The number of rotatable bonds is 6.